The number of nitrogens with one attached hydrogen (secondary N) is 5. The molecular formula is C34H35F3N6O6. The lowest BCUT2D eigenvalue weighted by molar-refractivity contribution is -0.212. The van der Waals surface area contributed by atoms with Crippen LogP contribution in [0.3, 0.4) is 0 Å². The molecule has 0 spiro atoms. The maximum Gasteiger partial charge on any atom is 0.416 e. The fourth-order valence-corrected chi connectivity index (χ4v) is 5.07. The van der Waals surface area contributed by atoms with Crippen LogP contribution in [0, 0.1) is 0 Å². The summed E-state index contributed by atoms with van der Waals surface area (Å²) in [5.74, 6) is -4.13. The van der Waals surface area contributed by atoms with Gasteiger partial charge in [-0.1, -0.05) is 60.7 Å². The predicted octanol–water partition coefficient (Wildman–Crippen LogP) is 2.08. The molecule has 0 bridgehead atoms. The molecule has 1 aromatic heterocycles. The molecule has 0 saturated carbocycles. The van der Waals surface area contributed by atoms with E-state index in [4.69, 9.17) is 5.73 Å². The number of fused-ring (bicyclic) bond motifs is 1. The third-order valence-electron chi connectivity index (χ3n) is 7.60. The van der Waals surface area contributed by atoms with Gasteiger partial charge in [-0.3, -0.25) is 24.0 Å². The minimum absolute atomic E-state index is 0.0495. The van der Waals surface area contributed by atoms with E-state index in [2.05, 4.69) is 20.9 Å². The Morgan fingerprint density at radius 1 is 0.796 bits per heavy atom. The monoisotopic (exact) mass is 680 g/mol. The summed E-state index contributed by atoms with van der Waals surface area (Å²) in [6.45, 7) is -1.30. The second kappa shape index (κ2) is 16.4. The minimum atomic E-state index is -5.10. The molecule has 0 radical (unpaired) electrons. The highest BCUT2D eigenvalue weighted by atomic mass is 19.4. The normalized spacial score (nSPS) is 13.1. The van der Waals surface area contributed by atoms with Crippen LogP contribution in [0.5, 0.6) is 0 Å². The maximum absolute atomic E-state index is 13.3. The average Bonchev–Trinajstić information content (AvgIpc) is 3.49. The fraction of sp³-hybridized carbons (Fsp3) is 0.265. The Hall–Kier alpha value is -5.70. The zero-order chi connectivity index (χ0) is 35.6. The number of benzene rings is 3. The molecule has 2 unspecified atom stereocenters. The first kappa shape index (κ1) is 36.1. The van der Waals surface area contributed by atoms with Crippen molar-refractivity contribution in [3.05, 3.63) is 96.2 Å². The van der Waals surface area contributed by atoms with E-state index < -0.39 is 79.8 Å². The van der Waals surface area contributed by atoms with Gasteiger partial charge in [0, 0.05) is 35.5 Å². The summed E-state index contributed by atoms with van der Waals surface area (Å²) >= 11 is 0. The molecule has 12 nitrogen and oxygen atoms in total. The highest BCUT2D eigenvalue weighted by Gasteiger charge is 2.44. The zero-order valence-electron chi connectivity index (χ0n) is 26.1. The van der Waals surface area contributed by atoms with E-state index in [1.807, 2.05) is 41.7 Å². The number of nitrogens with two attached hydrogens (primary N) is 1. The lowest BCUT2D eigenvalue weighted by Crippen LogP contribution is -2.54. The number of amides is 5. The number of aromatic nitrogens is 1. The van der Waals surface area contributed by atoms with Gasteiger partial charge in [0.2, 0.25) is 23.6 Å². The van der Waals surface area contributed by atoms with E-state index in [9.17, 15) is 42.3 Å². The molecule has 5 amide bonds. The van der Waals surface area contributed by atoms with Gasteiger partial charge in [-0.2, -0.15) is 13.2 Å². The number of aliphatic hydroxyl groups is 1. The van der Waals surface area contributed by atoms with E-state index >= 15 is 0 Å². The first-order chi connectivity index (χ1) is 23.3. The number of para-hydroxylation sites is 1. The Labute approximate surface area is 278 Å². The Kier molecular flexibility index (Phi) is 12.1. The smallest absolute Gasteiger partial charge is 0.382 e. The lowest BCUT2D eigenvalue weighted by Gasteiger charge is -2.26. The van der Waals surface area contributed by atoms with Gasteiger partial charge in [-0.25, -0.2) is 0 Å². The molecule has 0 aliphatic heterocycles. The Morgan fingerprint density at radius 2 is 1.41 bits per heavy atom. The van der Waals surface area contributed by atoms with E-state index in [0.29, 0.717) is 11.1 Å². The number of alkyl halides is 3. The quantitative estimate of drug-likeness (QED) is 0.100. The summed E-state index contributed by atoms with van der Waals surface area (Å²) in [7, 11) is 0. The van der Waals surface area contributed by atoms with Gasteiger partial charge in [0.25, 0.3) is 5.91 Å². The number of hydrogen-bond donors (Lipinski definition) is 7. The summed E-state index contributed by atoms with van der Waals surface area (Å²) < 4.78 is 39.4. The molecule has 1 heterocycles. The van der Waals surface area contributed by atoms with E-state index in [1.165, 1.54) is 0 Å². The van der Waals surface area contributed by atoms with E-state index in [-0.39, 0.29) is 6.42 Å². The number of H-pyrrole nitrogens is 1. The van der Waals surface area contributed by atoms with Gasteiger partial charge < -0.3 is 37.1 Å². The third-order valence-corrected chi connectivity index (χ3v) is 7.60. The summed E-state index contributed by atoms with van der Waals surface area (Å²) in [5.41, 5.74) is 8.57. The first-order valence-corrected chi connectivity index (χ1v) is 15.2. The summed E-state index contributed by atoms with van der Waals surface area (Å²) in [4.78, 5) is 65.6. The van der Waals surface area contributed by atoms with E-state index in [1.54, 1.807) is 48.7 Å². The van der Waals surface area contributed by atoms with Gasteiger partial charge in [-0.15, -0.1) is 0 Å². The van der Waals surface area contributed by atoms with Crippen molar-refractivity contribution in [2.24, 2.45) is 5.73 Å². The van der Waals surface area contributed by atoms with Crippen molar-refractivity contribution in [2.45, 2.75) is 43.6 Å². The average molecular weight is 681 g/mol. The van der Waals surface area contributed by atoms with Crippen LogP contribution in [0.25, 0.3) is 22.0 Å². The van der Waals surface area contributed by atoms with Gasteiger partial charge in [0.15, 0.2) is 6.10 Å². The molecule has 0 aliphatic rings. The number of carbonyl (C=O) groups excluding carboxylic acids is 5. The van der Waals surface area contributed by atoms with E-state index in [0.717, 1.165) is 22.0 Å². The molecule has 0 saturated heterocycles. The second-order valence-corrected chi connectivity index (χ2v) is 11.2. The van der Waals surface area contributed by atoms with Crippen LogP contribution < -0.4 is 27.0 Å². The standard InChI is InChI=1S/C34H35F3N6O6/c35-34(36,37)31(47)26(14-15-28(38)44)42-29(45)19-41-33(49)27(16-23-17-39-25-9-5-4-8-24(23)25)43-30(46)18-40-32(48)22-12-10-21(11-13-22)20-6-2-1-3-7-20/h1-13,17,26-27,31,39,47H,14-16,18-19H2,(H2,38,44)(H,40,48)(H,41,49)(H,42,45)(H,43,46)/t26?,27-,31?/m0/s1. The molecule has 3 aromatic carbocycles. The number of aromatic amines is 1. The van der Waals surface area contributed by atoms with Gasteiger partial charge in [0.1, 0.15) is 6.04 Å². The van der Waals surface area contributed by atoms with Crippen LogP contribution in [-0.4, -0.2) is 77.1 Å². The molecule has 15 heteroatoms. The number of hydrogen-bond acceptors (Lipinski definition) is 6. The molecule has 3 atom stereocenters. The molecular weight excluding hydrogens is 645 g/mol. The highest BCUT2D eigenvalue weighted by Crippen LogP contribution is 2.24. The highest BCUT2D eigenvalue weighted by molar-refractivity contribution is 5.98. The van der Waals surface area contributed by atoms with Crippen LogP contribution in [0.1, 0.15) is 28.8 Å². The van der Waals surface area contributed by atoms with Crippen molar-refractivity contribution in [1.29, 1.82) is 0 Å². The number of aliphatic hydroxyl groups excluding tert-OH is 1. The van der Waals surface area contributed by atoms with Gasteiger partial charge in [-0.05, 0) is 41.3 Å². The molecule has 49 heavy (non-hydrogen) atoms. The summed E-state index contributed by atoms with van der Waals surface area (Å²) in [6, 6.07) is 20.3. The van der Waals surface area contributed by atoms with Crippen molar-refractivity contribution in [1.82, 2.24) is 26.3 Å². The van der Waals surface area contributed by atoms with Crippen molar-refractivity contribution in [3.63, 3.8) is 0 Å². The molecule has 258 valence electrons. The number of carbonyl (C=O) groups is 5. The second-order valence-electron chi connectivity index (χ2n) is 11.2. The Bertz CT molecular complexity index is 1780. The zero-order valence-corrected chi connectivity index (χ0v) is 26.1. The largest absolute Gasteiger partial charge is 0.416 e. The topological polar surface area (TPSA) is 196 Å². The first-order valence-electron chi connectivity index (χ1n) is 15.2. The van der Waals surface area contributed by atoms with Crippen LogP contribution in [0.2, 0.25) is 0 Å². The predicted molar refractivity (Wildman–Crippen MR) is 174 cm³/mol. The van der Waals surface area contributed by atoms with Gasteiger partial charge >= 0.3 is 6.18 Å². The number of halogens is 3. The number of rotatable bonds is 15. The third kappa shape index (κ3) is 10.4. The van der Waals surface area contributed by atoms with Crippen molar-refractivity contribution in [3.8, 4) is 11.1 Å². The van der Waals surface area contributed by atoms with Gasteiger partial charge in [0.05, 0.1) is 19.1 Å². The Balaban J connectivity index is 1.39. The summed E-state index contributed by atoms with van der Waals surface area (Å²) in [6.07, 6.45) is -7.64. The molecule has 4 aromatic rings. The summed E-state index contributed by atoms with van der Waals surface area (Å²) in [5, 5.41) is 19.7. The fourth-order valence-electron chi connectivity index (χ4n) is 5.07. The Morgan fingerprint density at radius 3 is 2.08 bits per heavy atom. The maximum atomic E-state index is 13.3. The molecule has 8 N–H and O–H groups in total. The lowest BCUT2D eigenvalue weighted by atomic mass is 10.0. The van der Waals surface area contributed by atoms with Crippen molar-refractivity contribution < 1.29 is 42.3 Å². The molecule has 0 aliphatic carbocycles. The van der Waals surface area contributed by atoms with Crippen molar-refractivity contribution >= 4 is 40.4 Å². The van der Waals surface area contributed by atoms with Crippen LogP contribution >= 0.6 is 0 Å². The van der Waals surface area contributed by atoms with Crippen LogP contribution in [0.15, 0.2) is 85.1 Å². The number of primary amides is 1. The van der Waals surface area contributed by atoms with Crippen LogP contribution in [-0.2, 0) is 25.6 Å². The minimum Gasteiger partial charge on any atom is -0.382 e. The van der Waals surface area contributed by atoms with Crippen LogP contribution in [0.4, 0.5) is 13.2 Å². The molecule has 4 rings (SSSR count). The molecule has 0 fully saturated rings. The van der Waals surface area contributed by atoms with Crippen molar-refractivity contribution in [2.75, 3.05) is 13.1 Å². The SMILES string of the molecule is NC(=O)CCC(NC(=O)CNC(=O)[C@H](Cc1c[nH]c2ccccc12)NC(=O)CNC(=O)c1ccc(-c2ccccc2)cc1)C(O)C(F)(F)F.